The van der Waals surface area contributed by atoms with Crippen LogP contribution in [0.3, 0.4) is 0 Å². The standard InChI is InChI=1S/C9H17NO.ClH/c1-7(2)11-8-3-9(4-8)5-10-6-9;/h7-8,10H,3-6H2,1-2H3;1H. The first-order valence-electron chi connectivity index (χ1n) is 4.56. The van der Waals surface area contributed by atoms with E-state index >= 15 is 0 Å². The van der Waals surface area contributed by atoms with Crippen molar-refractivity contribution in [3.63, 3.8) is 0 Å². The van der Waals surface area contributed by atoms with Gasteiger partial charge < -0.3 is 10.1 Å². The van der Waals surface area contributed by atoms with Gasteiger partial charge in [0.1, 0.15) is 0 Å². The van der Waals surface area contributed by atoms with Crippen LogP contribution in [0.5, 0.6) is 0 Å². The number of nitrogens with one attached hydrogen (secondary N) is 1. The van der Waals surface area contributed by atoms with Crippen LogP contribution in [0.2, 0.25) is 0 Å². The molecule has 2 nitrogen and oxygen atoms in total. The van der Waals surface area contributed by atoms with Crippen LogP contribution < -0.4 is 5.32 Å². The summed E-state index contributed by atoms with van der Waals surface area (Å²) in [4.78, 5) is 0. The quantitative estimate of drug-likeness (QED) is 0.716. The molecule has 2 rings (SSSR count). The van der Waals surface area contributed by atoms with Gasteiger partial charge in [-0.2, -0.15) is 0 Å². The summed E-state index contributed by atoms with van der Waals surface area (Å²) in [6, 6.07) is 0. The fourth-order valence-corrected chi connectivity index (χ4v) is 2.15. The fourth-order valence-electron chi connectivity index (χ4n) is 2.15. The van der Waals surface area contributed by atoms with Gasteiger partial charge in [0.05, 0.1) is 12.2 Å². The number of halogens is 1. The Hall–Kier alpha value is 0.210. The molecule has 1 spiro atoms. The van der Waals surface area contributed by atoms with Crippen molar-refractivity contribution >= 4 is 12.4 Å². The van der Waals surface area contributed by atoms with E-state index in [-0.39, 0.29) is 12.4 Å². The van der Waals surface area contributed by atoms with E-state index in [0.717, 1.165) is 0 Å². The highest BCUT2D eigenvalue weighted by Crippen LogP contribution is 2.45. The van der Waals surface area contributed by atoms with E-state index < -0.39 is 0 Å². The minimum atomic E-state index is 0. The average Bonchev–Trinajstić information content (AvgIpc) is 1.71. The minimum absolute atomic E-state index is 0. The van der Waals surface area contributed by atoms with E-state index in [9.17, 15) is 0 Å². The van der Waals surface area contributed by atoms with E-state index in [1.54, 1.807) is 0 Å². The highest BCUT2D eigenvalue weighted by Gasteiger charge is 2.48. The van der Waals surface area contributed by atoms with Crippen LogP contribution in [0.25, 0.3) is 0 Å². The molecule has 3 heteroatoms. The Morgan fingerprint density at radius 2 is 1.92 bits per heavy atom. The average molecular weight is 192 g/mol. The van der Waals surface area contributed by atoms with Gasteiger partial charge >= 0.3 is 0 Å². The van der Waals surface area contributed by atoms with Crippen LogP contribution in [0.4, 0.5) is 0 Å². The highest BCUT2D eigenvalue weighted by atomic mass is 35.5. The van der Waals surface area contributed by atoms with Crippen molar-refractivity contribution < 1.29 is 4.74 Å². The van der Waals surface area contributed by atoms with Crippen LogP contribution in [0.1, 0.15) is 26.7 Å². The summed E-state index contributed by atoms with van der Waals surface area (Å²) >= 11 is 0. The normalized spacial score (nSPS) is 26.2. The SMILES string of the molecule is CC(C)OC1CC2(CNC2)C1.Cl. The van der Waals surface area contributed by atoms with Gasteiger partial charge in [0.25, 0.3) is 0 Å². The summed E-state index contributed by atoms with van der Waals surface area (Å²) < 4.78 is 5.69. The molecule has 1 N–H and O–H groups in total. The largest absolute Gasteiger partial charge is 0.376 e. The third-order valence-electron chi connectivity index (χ3n) is 2.79. The number of rotatable bonds is 2. The van der Waals surface area contributed by atoms with Gasteiger partial charge in [-0.15, -0.1) is 12.4 Å². The first kappa shape index (κ1) is 10.3. The third-order valence-corrected chi connectivity index (χ3v) is 2.79. The minimum Gasteiger partial charge on any atom is -0.376 e. The first-order valence-corrected chi connectivity index (χ1v) is 4.56. The second kappa shape index (κ2) is 3.52. The van der Waals surface area contributed by atoms with Crippen molar-refractivity contribution in [1.82, 2.24) is 5.32 Å². The molecule has 0 unspecified atom stereocenters. The van der Waals surface area contributed by atoms with Crippen LogP contribution in [-0.2, 0) is 4.74 Å². The molecule has 1 saturated heterocycles. The van der Waals surface area contributed by atoms with Crippen LogP contribution in [0, 0.1) is 5.41 Å². The van der Waals surface area contributed by atoms with Gasteiger partial charge in [0, 0.05) is 18.5 Å². The van der Waals surface area contributed by atoms with Crippen molar-refractivity contribution in [3.8, 4) is 0 Å². The number of ether oxygens (including phenoxy) is 1. The van der Waals surface area contributed by atoms with Crippen molar-refractivity contribution in [1.29, 1.82) is 0 Å². The first-order chi connectivity index (χ1) is 5.20. The van der Waals surface area contributed by atoms with Crippen LogP contribution in [0.15, 0.2) is 0 Å². The maximum Gasteiger partial charge on any atom is 0.0591 e. The molecule has 0 radical (unpaired) electrons. The number of hydrogen-bond acceptors (Lipinski definition) is 2. The Morgan fingerprint density at radius 1 is 1.33 bits per heavy atom. The van der Waals surface area contributed by atoms with E-state index in [0.29, 0.717) is 17.6 Å². The number of hydrogen-bond donors (Lipinski definition) is 1. The summed E-state index contributed by atoms with van der Waals surface area (Å²) in [6.07, 6.45) is 3.55. The molecule has 2 fully saturated rings. The van der Waals surface area contributed by atoms with E-state index in [2.05, 4.69) is 19.2 Å². The van der Waals surface area contributed by atoms with Gasteiger partial charge in [0.2, 0.25) is 0 Å². The zero-order valence-electron chi connectivity index (χ0n) is 7.80. The molecular weight excluding hydrogens is 174 g/mol. The molecule has 72 valence electrons. The highest BCUT2D eigenvalue weighted by molar-refractivity contribution is 5.85. The van der Waals surface area contributed by atoms with Crippen molar-refractivity contribution in [2.75, 3.05) is 13.1 Å². The van der Waals surface area contributed by atoms with E-state index in [4.69, 9.17) is 4.74 Å². The lowest BCUT2D eigenvalue weighted by Gasteiger charge is -2.54. The van der Waals surface area contributed by atoms with Crippen LogP contribution >= 0.6 is 12.4 Å². The van der Waals surface area contributed by atoms with Crippen molar-refractivity contribution in [3.05, 3.63) is 0 Å². The molecule has 2 aliphatic rings. The molecule has 1 heterocycles. The predicted molar refractivity (Wildman–Crippen MR) is 51.8 cm³/mol. The molecule has 1 aliphatic heterocycles. The smallest absolute Gasteiger partial charge is 0.0591 e. The third kappa shape index (κ3) is 1.76. The predicted octanol–water partition coefficient (Wildman–Crippen LogP) is 1.59. The Morgan fingerprint density at radius 3 is 2.25 bits per heavy atom. The molecule has 1 aliphatic carbocycles. The van der Waals surface area contributed by atoms with Gasteiger partial charge in [-0.25, -0.2) is 0 Å². The van der Waals surface area contributed by atoms with Gasteiger partial charge in [-0.1, -0.05) is 0 Å². The Balaban J connectivity index is 0.000000720. The fraction of sp³-hybridized carbons (Fsp3) is 1.00. The van der Waals surface area contributed by atoms with E-state index in [1.165, 1.54) is 25.9 Å². The van der Waals surface area contributed by atoms with Crippen molar-refractivity contribution in [2.24, 2.45) is 5.41 Å². The summed E-state index contributed by atoms with van der Waals surface area (Å²) in [5.41, 5.74) is 0.666. The Labute approximate surface area is 80.5 Å². The molecule has 1 saturated carbocycles. The summed E-state index contributed by atoms with van der Waals surface area (Å²) in [7, 11) is 0. The van der Waals surface area contributed by atoms with Gasteiger partial charge in [0.15, 0.2) is 0 Å². The molecular formula is C9H18ClNO. The zero-order valence-corrected chi connectivity index (χ0v) is 8.62. The summed E-state index contributed by atoms with van der Waals surface area (Å²) in [6.45, 7) is 6.68. The summed E-state index contributed by atoms with van der Waals surface area (Å²) in [5, 5.41) is 3.32. The van der Waals surface area contributed by atoms with Gasteiger partial charge in [-0.3, -0.25) is 0 Å². The molecule has 12 heavy (non-hydrogen) atoms. The lowest BCUT2D eigenvalue weighted by Crippen LogP contribution is -2.62. The maximum atomic E-state index is 5.69. The lowest BCUT2D eigenvalue weighted by molar-refractivity contribution is -0.122. The molecule has 0 bridgehead atoms. The maximum absolute atomic E-state index is 5.69. The second-order valence-electron chi connectivity index (χ2n) is 4.32. The van der Waals surface area contributed by atoms with Gasteiger partial charge in [-0.05, 0) is 26.7 Å². The van der Waals surface area contributed by atoms with E-state index in [1.807, 2.05) is 0 Å². The molecule has 0 aromatic carbocycles. The molecule has 0 atom stereocenters. The zero-order chi connectivity index (χ0) is 7.90. The van der Waals surface area contributed by atoms with Crippen LogP contribution in [-0.4, -0.2) is 25.3 Å². The monoisotopic (exact) mass is 191 g/mol. The summed E-state index contributed by atoms with van der Waals surface area (Å²) in [5.74, 6) is 0. The molecule has 0 aromatic rings. The molecule has 0 amide bonds. The Bertz CT molecular complexity index is 149. The Kier molecular flexibility index (Phi) is 3.02. The second-order valence-corrected chi connectivity index (χ2v) is 4.32. The molecule has 0 aromatic heterocycles. The lowest BCUT2D eigenvalue weighted by atomic mass is 9.63. The van der Waals surface area contributed by atoms with Crippen molar-refractivity contribution in [2.45, 2.75) is 38.9 Å². The topological polar surface area (TPSA) is 21.3 Å².